The molecule has 0 spiro atoms. The highest BCUT2D eigenvalue weighted by Crippen LogP contribution is 2.12. The number of carbonyl (C=O) groups is 1. The van der Waals surface area contributed by atoms with E-state index >= 15 is 0 Å². The summed E-state index contributed by atoms with van der Waals surface area (Å²) in [4.78, 5) is 13.5. The standard InChI is InChI=1S/C12H18N2O2/c1-9(13)6-7-14(2)12(16)10-4-3-5-11(15)8-10/h3-5,8-9,15H,6-7,13H2,1-2H3. The first-order valence-electron chi connectivity index (χ1n) is 5.31. The Morgan fingerprint density at radius 2 is 2.25 bits per heavy atom. The number of aromatic hydroxyl groups is 1. The molecule has 88 valence electrons. The quantitative estimate of drug-likeness (QED) is 0.804. The Balaban J connectivity index is 2.63. The van der Waals surface area contributed by atoms with Crippen LogP contribution in [0.1, 0.15) is 23.7 Å². The fourth-order valence-corrected chi connectivity index (χ4v) is 1.36. The van der Waals surface area contributed by atoms with Crippen molar-refractivity contribution < 1.29 is 9.90 Å². The lowest BCUT2D eigenvalue weighted by atomic mass is 10.2. The summed E-state index contributed by atoms with van der Waals surface area (Å²) in [5.41, 5.74) is 6.12. The average molecular weight is 222 g/mol. The summed E-state index contributed by atoms with van der Waals surface area (Å²) in [5.74, 6) is 0.00277. The fourth-order valence-electron chi connectivity index (χ4n) is 1.36. The highest BCUT2D eigenvalue weighted by molar-refractivity contribution is 5.94. The minimum atomic E-state index is -0.100. The summed E-state index contributed by atoms with van der Waals surface area (Å²) in [5, 5.41) is 9.27. The summed E-state index contributed by atoms with van der Waals surface area (Å²) >= 11 is 0. The molecule has 0 saturated carbocycles. The van der Waals surface area contributed by atoms with E-state index in [9.17, 15) is 9.90 Å². The monoisotopic (exact) mass is 222 g/mol. The van der Waals surface area contributed by atoms with E-state index in [4.69, 9.17) is 5.73 Å². The molecule has 0 aliphatic carbocycles. The molecule has 0 fully saturated rings. The number of nitrogens with zero attached hydrogens (tertiary/aromatic N) is 1. The Morgan fingerprint density at radius 3 is 2.81 bits per heavy atom. The molecule has 1 amide bonds. The van der Waals surface area contributed by atoms with E-state index in [1.165, 1.54) is 6.07 Å². The van der Waals surface area contributed by atoms with Gasteiger partial charge in [-0.15, -0.1) is 0 Å². The third kappa shape index (κ3) is 3.55. The van der Waals surface area contributed by atoms with Crippen LogP contribution in [0, 0.1) is 0 Å². The minimum Gasteiger partial charge on any atom is -0.508 e. The van der Waals surface area contributed by atoms with Gasteiger partial charge in [-0.1, -0.05) is 6.07 Å². The maximum Gasteiger partial charge on any atom is 0.253 e. The smallest absolute Gasteiger partial charge is 0.253 e. The van der Waals surface area contributed by atoms with Gasteiger partial charge in [0.05, 0.1) is 0 Å². The van der Waals surface area contributed by atoms with Gasteiger partial charge in [0.15, 0.2) is 0 Å². The Labute approximate surface area is 95.7 Å². The molecule has 4 heteroatoms. The van der Waals surface area contributed by atoms with Crippen LogP contribution in [0.4, 0.5) is 0 Å². The van der Waals surface area contributed by atoms with Crippen molar-refractivity contribution in [1.82, 2.24) is 4.90 Å². The fraction of sp³-hybridized carbons (Fsp3) is 0.417. The molecular weight excluding hydrogens is 204 g/mol. The van der Waals surface area contributed by atoms with Crippen molar-refractivity contribution in [2.24, 2.45) is 5.73 Å². The van der Waals surface area contributed by atoms with Gasteiger partial charge in [-0.3, -0.25) is 4.79 Å². The van der Waals surface area contributed by atoms with Crippen molar-refractivity contribution in [3.63, 3.8) is 0 Å². The number of nitrogens with two attached hydrogens (primary N) is 1. The third-order valence-corrected chi connectivity index (χ3v) is 2.36. The molecule has 0 aromatic heterocycles. The Kier molecular flexibility index (Phi) is 4.31. The highest BCUT2D eigenvalue weighted by Gasteiger charge is 2.12. The Hall–Kier alpha value is -1.55. The van der Waals surface area contributed by atoms with Crippen LogP contribution in [0.15, 0.2) is 24.3 Å². The summed E-state index contributed by atoms with van der Waals surface area (Å²) < 4.78 is 0. The number of hydrogen-bond donors (Lipinski definition) is 2. The number of hydrogen-bond acceptors (Lipinski definition) is 3. The van der Waals surface area contributed by atoms with Crippen molar-refractivity contribution in [2.75, 3.05) is 13.6 Å². The van der Waals surface area contributed by atoms with Crippen molar-refractivity contribution in [3.05, 3.63) is 29.8 Å². The van der Waals surface area contributed by atoms with E-state index in [0.717, 1.165) is 6.42 Å². The molecule has 1 aromatic rings. The number of amides is 1. The highest BCUT2D eigenvalue weighted by atomic mass is 16.3. The summed E-state index contributed by atoms with van der Waals surface area (Å²) in [6.07, 6.45) is 0.765. The van der Waals surface area contributed by atoms with Gasteiger partial charge >= 0.3 is 0 Å². The van der Waals surface area contributed by atoms with E-state index in [0.29, 0.717) is 12.1 Å². The predicted octanol–water partition coefficient (Wildman–Crippen LogP) is 1.20. The lowest BCUT2D eigenvalue weighted by Gasteiger charge is -2.18. The van der Waals surface area contributed by atoms with E-state index in [1.807, 2.05) is 6.92 Å². The lowest BCUT2D eigenvalue weighted by Crippen LogP contribution is -2.31. The van der Waals surface area contributed by atoms with Crippen LogP contribution in [0.3, 0.4) is 0 Å². The molecule has 0 aliphatic rings. The number of phenolic OH excluding ortho intramolecular Hbond substituents is 1. The normalized spacial score (nSPS) is 12.2. The van der Waals surface area contributed by atoms with Gasteiger partial charge in [-0.2, -0.15) is 0 Å². The van der Waals surface area contributed by atoms with Crippen molar-refractivity contribution in [3.8, 4) is 5.75 Å². The van der Waals surface area contributed by atoms with Gasteiger partial charge in [0.25, 0.3) is 5.91 Å². The van der Waals surface area contributed by atoms with E-state index in [1.54, 1.807) is 30.1 Å². The van der Waals surface area contributed by atoms with Crippen LogP contribution in [-0.4, -0.2) is 35.5 Å². The first-order valence-corrected chi connectivity index (χ1v) is 5.31. The van der Waals surface area contributed by atoms with Crippen molar-refractivity contribution in [2.45, 2.75) is 19.4 Å². The molecule has 0 aliphatic heterocycles. The lowest BCUT2D eigenvalue weighted by molar-refractivity contribution is 0.0791. The third-order valence-electron chi connectivity index (χ3n) is 2.36. The predicted molar refractivity (Wildman–Crippen MR) is 63.3 cm³/mol. The van der Waals surface area contributed by atoms with Crippen molar-refractivity contribution >= 4 is 5.91 Å². The largest absolute Gasteiger partial charge is 0.508 e. The second-order valence-corrected chi connectivity index (χ2v) is 4.04. The zero-order valence-electron chi connectivity index (χ0n) is 9.68. The number of benzene rings is 1. The maximum atomic E-state index is 11.9. The molecule has 1 rings (SSSR count). The van der Waals surface area contributed by atoms with Crippen LogP contribution in [0.25, 0.3) is 0 Å². The first-order chi connectivity index (χ1) is 7.50. The Morgan fingerprint density at radius 1 is 1.56 bits per heavy atom. The van der Waals surface area contributed by atoms with Gasteiger partial charge in [-0.05, 0) is 31.5 Å². The number of carbonyl (C=O) groups excluding carboxylic acids is 1. The topological polar surface area (TPSA) is 66.6 Å². The zero-order chi connectivity index (χ0) is 12.1. The van der Waals surface area contributed by atoms with Gasteiger partial charge in [0.2, 0.25) is 0 Å². The maximum absolute atomic E-state index is 11.9. The molecule has 0 bridgehead atoms. The summed E-state index contributed by atoms with van der Waals surface area (Å²) in [7, 11) is 1.73. The Bertz CT molecular complexity index is 364. The molecule has 3 N–H and O–H groups in total. The van der Waals surface area contributed by atoms with E-state index in [-0.39, 0.29) is 17.7 Å². The number of rotatable bonds is 4. The van der Waals surface area contributed by atoms with Crippen LogP contribution in [0.2, 0.25) is 0 Å². The molecule has 1 unspecified atom stereocenters. The van der Waals surface area contributed by atoms with Gasteiger partial charge in [0.1, 0.15) is 5.75 Å². The van der Waals surface area contributed by atoms with Crippen LogP contribution in [-0.2, 0) is 0 Å². The van der Waals surface area contributed by atoms with E-state index in [2.05, 4.69) is 0 Å². The molecule has 1 aromatic carbocycles. The first kappa shape index (κ1) is 12.5. The molecule has 0 radical (unpaired) electrons. The van der Waals surface area contributed by atoms with Crippen LogP contribution in [0.5, 0.6) is 5.75 Å². The molecule has 16 heavy (non-hydrogen) atoms. The van der Waals surface area contributed by atoms with Gasteiger partial charge in [-0.25, -0.2) is 0 Å². The second-order valence-electron chi connectivity index (χ2n) is 4.04. The van der Waals surface area contributed by atoms with Crippen LogP contribution >= 0.6 is 0 Å². The van der Waals surface area contributed by atoms with Crippen LogP contribution < -0.4 is 5.73 Å². The number of phenols is 1. The van der Waals surface area contributed by atoms with Gasteiger partial charge in [0, 0.05) is 25.2 Å². The SMILES string of the molecule is CC(N)CCN(C)C(=O)c1cccc(O)c1. The van der Waals surface area contributed by atoms with Gasteiger partial charge < -0.3 is 15.7 Å². The molecule has 0 heterocycles. The second kappa shape index (κ2) is 5.51. The summed E-state index contributed by atoms with van der Waals surface area (Å²) in [6.45, 7) is 2.53. The minimum absolute atomic E-state index is 0.0828. The molecular formula is C12H18N2O2. The average Bonchev–Trinajstić information content (AvgIpc) is 2.24. The van der Waals surface area contributed by atoms with Crippen molar-refractivity contribution in [1.29, 1.82) is 0 Å². The zero-order valence-corrected chi connectivity index (χ0v) is 9.68. The molecule has 0 saturated heterocycles. The van der Waals surface area contributed by atoms with E-state index < -0.39 is 0 Å². The molecule has 4 nitrogen and oxygen atoms in total. The summed E-state index contributed by atoms with van der Waals surface area (Å²) in [6, 6.07) is 6.43. The molecule has 1 atom stereocenters.